The Morgan fingerprint density at radius 1 is 1.10 bits per heavy atom. The van der Waals surface area contributed by atoms with Crippen molar-refractivity contribution in [3.8, 4) is 0 Å². The van der Waals surface area contributed by atoms with Gasteiger partial charge in [-0.3, -0.25) is 0 Å². The largest absolute Gasteiger partial charge is 0.387 e. The lowest BCUT2D eigenvalue weighted by Crippen LogP contribution is -2.62. The van der Waals surface area contributed by atoms with Gasteiger partial charge in [-0.05, 0) is 0 Å². The van der Waals surface area contributed by atoms with Crippen molar-refractivity contribution in [1.82, 2.24) is 0 Å². The number of hydrogen-bond donors (Lipinski definition) is 2. The van der Waals surface area contributed by atoms with Crippen molar-refractivity contribution in [2.24, 2.45) is 0 Å². The summed E-state index contributed by atoms with van der Waals surface area (Å²) in [6.07, 6.45) is -4.76. The van der Waals surface area contributed by atoms with Gasteiger partial charge in [-0.1, -0.05) is 30.3 Å². The lowest BCUT2D eigenvalue weighted by Gasteiger charge is -2.45. The van der Waals surface area contributed by atoms with Gasteiger partial charge in [0.15, 0.2) is 12.6 Å². The Kier molecular flexibility index (Phi) is 4.02. The SMILES string of the molecule is COC1O[C@@H]2COC(c3ccccc3)O[C@@H]2[C@@H](O)[C@@H]1O. The van der Waals surface area contributed by atoms with Gasteiger partial charge in [0.25, 0.3) is 0 Å². The van der Waals surface area contributed by atoms with Crippen LogP contribution in [0.4, 0.5) is 0 Å². The second-order valence-electron chi connectivity index (χ2n) is 4.94. The average molecular weight is 282 g/mol. The van der Waals surface area contributed by atoms with E-state index in [9.17, 15) is 10.2 Å². The first-order valence-electron chi connectivity index (χ1n) is 6.57. The van der Waals surface area contributed by atoms with Crippen LogP contribution in [-0.4, -0.2) is 54.6 Å². The Labute approximate surface area is 116 Å². The van der Waals surface area contributed by atoms with Gasteiger partial charge >= 0.3 is 0 Å². The molecule has 0 bridgehead atoms. The van der Waals surface area contributed by atoms with Gasteiger partial charge in [0.2, 0.25) is 0 Å². The highest BCUT2D eigenvalue weighted by Gasteiger charge is 2.48. The van der Waals surface area contributed by atoms with Crippen molar-refractivity contribution in [3.63, 3.8) is 0 Å². The van der Waals surface area contributed by atoms with Gasteiger partial charge < -0.3 is 29.2 Å². The van der Waals surface area contributed by atoms with Crippen LogP contribution in [0.2, 0.25) is 0 Å². The summed E-state index contributed by atoms with van der Waals surface area (Å²) in [5.74, 6) is 0. The van der Waals surface area contributed by atoms with Gasteiger partial charge in [-0.2, -0.15) is 0 Å². The van der Waals surface area contributed by atoms with E-state index in [0.29, 0.717) is 0 Å². The van der Waals surface area contributed by atoms with Crippen LogP contribution in [0.3, 0.4) is 0 Å². The first kappa shape index (κ1) is 13.9. The fraction of sp³-hybridized carbons (Fsp3) is 0.571. The zero-order valence-corrected chi connectivity index (χ0v) is 11.1. The third-order valence-electron chi connectivity index (χ3n) is 3.64. The molecule has 6 heteroatoms. The molecule has 2 aliphatic rings. The second kappa shape index (κ2) is 5.77. The van der Waals surface area contributed by atoms with E-state index in [1.807, 2.05) is 30.3 Å². The number of aliphatic hydroxyl groups excluding tert-OH is 2. The highest BCUT2D eigenvalue weighted by molar-refractivity contribution is 5.16. The molecule has 0 spiro atoms. The van der Waals surface area contributed by atoms with E-state index in [2.05, 4.69) is 0 Å². The number of fused-ring (bicyclic) bond motifs is 1. The van der Waals surface area contributed by atoms with Crippen molar-refractivity contribution < 1.29 is 29.2 Å². The van der Waals surface area contributed by atoms with Crippen LogP contribution in [0, 0.1) is 0 Å². The molecule has 110 valence electrons. The van der Waals surface area contributed by atoms with Crippen molar-refractivity contribution in [1.29, 1.82) is 0 Å². The number of ether oxygens (including phenoxy) is 4. The molecule has 2 heterocycles. The minimum Gasteiger partial charge on any atom is -0.387 e. The molecule has 6 atom stereocenters. The van der Waals surface area contributed by atoms with E-state index in [1.165, 1.54) is 7.11 Å². The maximum absolute atomic E-state index is 10.1. The summed E-state index contributed by atoms with van der Waals surface area (Å²) in [7, 11) is 1.41. The quantitative estimate of drug-likeness (QED) is 0.806. The van der Waals surface area contributed by atoms with Crippen molar-refractivity contribution in [2.75, 3.05) is 13.7 Å². The van der Waals surface area contributed by atoms with E-state index < -0.39 is 37.0 Å². The fourth-order valence-electron chi connectivity index (χ4n) is 2.55. The summed E-state index contributed by atoms with van der Waals surface area (Å²) in [4.78, 5) is 0. The summed E-state index contributed by atoms with van der Waals surface area (Å²) in [6, 6.07) is 9.45. The maximum Gasteiger partial charge on any atom is 0.186 e. The zero-order valence-electron chi connectivity index (χ0n) is 11.1. The Morgan fingerprint density at radius 2 is 1.85 bits per heavy atom. The molecule has 20 heavy (non-hydrogen) atoms. The first-order valence-corrected chi connectivity index (χ1v) is 6.57. The molecule has 0 aliphatic carbocycles. The molecule has 2 N–H and O–H groups in total. The average Bonchev–Trinajstić information content (AvgIpc) is 2.51. The van der Waals surface area contributed by atoms with Crippen LogP contribution in [0.1, 0.15) is 11.9 Å². The van der Waals surface area contributed by atoms with Crippen molar-refractivity contribution in [2.45, 2.75) is 37.0 Å². The van der Waals surface area contributed by atoms with Crippen LogP contribution in [-0.2, 0) is 18.9 Å². The molecule has 0 saturated carbocycles. The van der Waals surface area contributed by atoms with Crippen molar-refractivity contribution >= 4 is 0 Å². The number of rotatable bonds is 2. The molecule has 2 unspecified atom stereocenters. The Balaban J connectivity index is 1.74. The van der Waals surface area contributed by atoms with Crippen LogP contribution >= 0.6 is 0 Å². The topological polar surface area (TPSA) is 77.4 Å². The van der Waals surface area contributed by atoms with Gasteiger partial charge in [0.05, 0.1) is 6.61 Å². The van der Waals surface area contributed by atoms with Crippen LogP contribution in [0.5, 0.6) is 0 Å². The number of hydrogen-bond acceptors (Lipinski definition) is 6. The minimum atomic E-state index is -1.14. The standard InChI is InChI=1S/C14H18O6/c1-17-14-11(16)10(15)12-9(19-14)7-18-13(20-12)8-5-3-2-4-6-8/h2-6,9-16H,7H2,1H3/t9-,10+,11+,12+,13?,14?/m1/s1. The molecule has 0 radical (unpaired) electrons. The maximum atomic E-state index is 10.1. The van der Waals surface area contributed by atoms with E-state index in [4.69, 9.17) is 18.9 Å². The van der Waals surface area contributed by atoms with E-state index in [0.717, 1.165) is 5.56 Å². The Bertz CT molecular complexity index is 437. The normalized spacial score (nSPS) is 41.1. The highest BCUT2D eigenvalue weighted by atomic mass is 16.7. The molecule has 3 rings (SSSR count). The van der Waals surface area contributed by atoms with Crippen LogP contribution in [0.15, 0.2) is 30.3 Å². The summed E-state index contributed by atoms with van der Waals surface area (Å²) >= 11 is 0. The summed E-state index contributed by atoms with van der Waals surface area (Å²) in [5, 5.41) is 20.1. The fourth-order valence-corrected chi connectivity index (χ4v) is 2.55. The molecule has 0 aromatic heterocycles. The summed E-state index contributed by atoms with van der Waals surface area (Å²) < 4.78 is 21.9. The summed E-state index contributed by atoms with van der Waals surface area (Å²) in [6.45, 7) is 0.272. The molecule has 1 aromatic carbocycles. The lowest BCUT2D eigenvalue weighted by atomic mass is 9.98. The van der Waals surface area contributed by atoms with E-state index in [1.54, 1.807) is 0 Å². The Hall–Kier alpha value is -1.02. The molecule has 1 aromatic rings. The van der Waals surface area contributed by atoms with Gasteiger partial charge in [0.1, 0.15) is 24.4 Å². The Morgan fingerprint density at radius 3 is 2.55 bits per heavy atom. The molecular weight excluding hydrogens is 264 g/mol. The number of aliphatic hydroxyl groups is 2. The second-order valence-corrected chi connectivity index (χ2v) is 4.94. The predicted molar refractivity (Wildman–Crippen MR) is 67.7 cm³/mol. The monoisotopic (exact) mass is 282 g/mol. The molecule has 6 nitrogen and oxygen atoms in total. The van der Waals surface area contributed by atoms with Crippen molar-refractivity contribution in [3.05, 3.63) is 35.9 Å². The molecular formula is C14H18O6. The van der Waals surface area contributed by atoms with Crippen LogP contribution < -0.4 is 0 Å². The van der Waals surface area contributed by atoms with Gasteiger partial charge in [0, 0.05) is 12.7 Å². The van der Waals surface area contributed by atoms with Gasteiger partial charge in [-0.15, -0.1) is 0 Å². The predicted octanol–water partition coefficient (Wildman–Crippen LogP) is 0.194. The summed E-state index contributed by atoms with van der Waals surface area (Å²) in [5.41, 5.74) is 0.863. The number of methoxy groups -OCH3 is 1. The number of benzene rings is 1. The highest BCUT2D eigenvalue weighted by Crippen LogP contribution is 2.33. The lowest BCUT2D eigenvalue weighted by molar-refractivity contribution is -0.358. The molecule has 0 amide bonds. The van der Waals surface area contributed by atoms with Gasteiger partial charge in [-0.25, -0.2) is 0 Å². The molecule has 2 saturated heterocycles. The zero-order chi connectivity index (χ0) is 14.1. The molecule has 2 aliphatic heterocycles. The third-order valence-corrected chi connectivity index (χ3v) is 3.64. The third kappa shape index (κ3) is 2.46. The van der Waals surface area contributed by atoms with Crippen LogP contribution in [0.25, 0.3) is 0 Å². The molecule has 2 fully saturated rings. The first-order chi connectivity index (χ1) is 9.70. The smallest absolute Gasteiger partial charge is 0.186 e. The van der Waals surface area contributed by atoms with E-state index in [-0.39, 0.29) is 6.61 Å². The minimum absolute atomic E-state index is 0.272. The van der Waals surface area contributed by atoms with E-state index >= 15 is 0 Å².